The summed E-state index contributed by atoms with van der Waals surface area (Å²) in [5, 5.41) is 19.0. The Balaban J connectivity index is 3.07. The van der Waals surface area contributed by atoms with Gasteiger partial charge in [0.15, 0.2) is 6.10 Å². The first kappa shape index (κ1) is 16.4. The van der Waals surface area contributed by atoms with Crippen molar-refractivity contribution < 1.29 is 37.3 Å². The van der Waals surface area contributed by atoms with Crippen LogP contribution in [0.1, 0.15) is 24.2 Å². The molecule has 0 spiro atoms. The molecule has 0 saturated heterocycles. The summed E-state index contributed by atoms with van der Waals surface area (Å²) in [4.78, 5) is 11.2. The lowest BCUT2D eigenvalue weighted by molar-refractivity contribution is -0.159. The van der Waals surface area contributed by atoms with Crippen LogP contribution in [0.3, 0.4) is 0 Å². The SMILES string of the molecule is CCOC(=O)C(O)C(O)c1cc(F)cc(C(F)(F)F)c1. The summed E-state index contributed by atoms with van der Waals surface area (Å²) < 4.78 is 55.0. The van der Waals surface area contributed by atoms with Crippen molar-refractivity contribution in [3.8, 4) is 0 Å². The fourth-order valence-electron chi connectivity index (χ4n) is 1.49. The van der Waals surface area contributed by atoms with Gasteiger partial charge in [0.1, 0.15) is 11.9 Å². The van der Waals surface area contributed by atoms with Crippen LogP contribution in [0.5, 0.6) is 0 Å². The Hall–Kier alpha value is -1.67. The lowest BCUT2D eigenvalue weighted by Gasteiger charge is -2.18. The molecule has 1 rings (SSSR count). The van der Waals surface area contributed by atoms with Gasteiger partial charge in [0.2, 0.25) is 0 Å². The number of hydrogen-bond acceptors (Lipinski definition) is 4. The molecule has 0 saturated carbocycles. The summed E-state index contributed by atoms with van der Waals surface area (Å²) in [7, 11) is 0. The minimum Gasteiger partial charge on any atom is -0.464 e. The van der Waals surface area contributed by atoms with Crippen LogP contribution in [0, 0.1) is 5.82 Å². The number of alkyl halides is 3. The summed E-state index contributed by atoms with van der Waals surface area (Å²) in [6, 6.07) is 1.30. The van der Waals surface area contributed by atoms with Gasteiger partial charge in [-0.3, -0.25) is 0 Å². The first-order chi connectivity index (χ1) is 9.16. The number of aliphatic hydroxyl groups excluding tert-OH is 2. The predicted octanol–water partition coefficient (Wildman–Crippen LogP) is 1.80. The normalized spacial score (nSPS) is 14.8. The number of aliphatic hydroxyl groups is 2. The highest BCUT2D eigenvalue weighted by Crippen LogP contribution is 2.32. The first-order valence-corrected chi connectivity index (χ1v) is 5.57. The first-order valence-electron chi connectivity index (χ1n) is 5.57. The van der Waals surface area contributed by atoms with E-state index in [9.17, 15) is 32.6 Å². The molecular formula is C12H12F4O4. The van der Waals surface area contributed by atoms with Gasteiger partial charge in [-0.05, 0) is 30.7 Å². The molecule has 0 aliphatic rings. The average molecular weight is 296 g/mol. The van der Waals surface area contributed by atoms with Gasteiger partial charge in [-0.25, -0.2) is 9.18 Å². The van der Waals surface area contributed by atoms with Gasteiger partial charge < -0.3 is 14.9 Å². The number of benzene rings is 1. The molecule has 2 unspecified atom stereocenters. The Labute approximate surface area is 111 Å². The second kappa shape index (κ2) is 6.19. The van der Waals surface area contributed by atoms with Crippen molar-refractivity contribution in [1.82, 2.24) is 0 Å². The Kier molecular flexibility index (Phi) is 5.07. The van der Waals surface area contributed by atoms with E-state index in [-0.39, 0.29) is 12.7 Å². The molecule has 0 heterocycles. The summed E-state index contributed by atoms with van der Waals surface area (Å²) >= 11 is 0. The second-order valence-corrected chi connectivity index (χ2v) is 3.91. The van der Waals surface area contributed by atoms with Crippen molar-refractivity contribution in [2.24, 2.45) is 0 Å². The van der Waals surface area contributed by atoms with Crippen LogP contribution in [0.15, 0.2) is 18.2 Å². The van der Waals surface area contributed by atoms with Crippen LogP contribution < -0.4 is 0 Å². The molecule has 1 aromatic carbocycles. The maximum Gasteiger partial charge on any atom is 0.416 e. The Morgan fingerprint density at radius 2 is 1.90 bits per heavy atom. The molecule has 4 nitrogen and oxygen atoms in total. The van der Waals surface area contributed by atoms with Crippen molar-refractivity contribution >= 4 is 5.97 Å². The molecule has 2 atom stereocenters. The van der Waals surface area contributed by atoms with Crippen molar-refractivity contribution in [3.05, 3.63) is 35.1 Å². The van der Waals surface area contributed by atoms with Gasteiger partial charge in [-0.1, -0.05) is 0 Å². The molecule has 0 aliphatic heterocycles. The van der Waals surface area contributed by atoms with Crippen LogP contribution in [-0.4, -0.2) is 28.9 Å². The van der Waals surface area contributed by atoms with E-state index in [1.54, 1.807) is 0 Å². The lowest BCUT2D eigenvalue weighted by atomic mass is 10.0. The number of carbonyl (C=O) groups excluding carboxylic acids is 1. The molecular weight excluding hydrogens is 284 g/mol. The third-order valence-electron chi connectivity index (χ3n) is 2.42. The largest absolute Gasteiger partial charge is 0.464 e. The van der Waals surface area contributed by atoms with E-state index in [0.717, 1.165) is 0 Å². The molecule has 2 N–H and O–H groups in total. The zero-order valence-electron chi connectivity index (χ0n) is 10.3. The third-order valence-corrected chi connectivity index (χ3v) is 2.42. The Morgan fingerprint density at radius 3 is 2.40 bits per heavy atom. The zero-order chi connectivity index (χ0) is 15.5. The van der Waals surface area contributed by atoms with Gasteiger partial charge in [-0.15, -0.1) is 0 Å². The summed E-state index contributed by atoms with van der Waals surface area (Å²) in [6.45, 7) is 1.36. The van der Waals surface area contributed by atoms with Crippen LogP contribution in [-0.2, 0) is 15.7 Å². The highest BCUT2D eigenvalue weighted by Gasteiger charge is 2.34. The number of ether oxygens (including phenoxy) is 1. The molecule has 20 heavy (non-hydrogen) atoms. The van der Waals surface area contributed by atoms with Crippen molar-refractivity contribution in [3.63, 3.8) is 0 Å². The molecule has 0 aliphatic carbocycles. The lowest BCUT2D eigenvalue weighted by Crippen LogP contribution is -2.30. The van der Waals surface area contributed by atoms with Crippen LogP contribution >= 0.6 is 0 Å². The molecule has 0 fully saturated rings. The van der Waals surface area contributed by atoms with Crippen molar-refractivity contribution in [1.29, 1.82) is 0 Å². The fourth-order valence-corrected chi connectivity index (χ4v) is 1.49. The number of hydrogen-bond donors (Lipinski definition) is 2. The summed E-state index contributed by atoms with van der Waals surface area (Å²) in [6.07, 6.45) is -8.94. The number of halogens is 4. The van der Waals surface area contributed by atoms with E-state index >= 15 is 0 Å². The fraction of sp³-hybridized carbons (Fsp3) is 0.417. The van der Waals surface area contributed by atoms with Gasteiger partial charge in [0.25, 0.3) is 0 Å². The average Bonchev–Trinajstić information content (AvgIpc) is 2.35. The minimum atomic E-state index is -4.81. The maximum atomic E-state index is 13.1. The van der Waals surface area contributed by atoms with Crippen LogP contribution in [0.25, 0.3) is 0 Å². The Bertz CT molecular complexity index is 487. The second-order valence-electron chi connectivity index (χ2n) is 3.91. The smallest absolute Gasteiger partial charge is 0.416 e. The highest BCUT2D eigenvalue weighted by atomic mass is 19.4. The number of rotatable bonds is 4. The summed E-state index contributed by atoms with van der Waals surface area (Å²) in [5.41, 5.74) is -1.90. The van der Waals surface area contributed by atoms with E-state index in [2.05, 4.69) is 4.74 Å². The quantitative estimate of drug-likeness (QED) is 0.657. The van der Waals surface area contributed by atoms with Gasteiger partial charge in [0, 0.05) is 0 Å². The third kappa shape index (κ3) is 3.91. The topological polar surface area (TPSA) is 66.8 Å². The molecule has 0 radical (unpaired) electrons. The molecule has 8 heteroatoms. The van der Waals surface area contributed by atoms with Crippen LogP contribution in [0.4, 0.5) is 17.6 Å². The van der Waals surface area contributed by atoms with E-state index in [1.165, 1.54) is 6.92 Å². The monoisotopic (exact) mass is 296 g/mol. The van der Waals surface area contributed by atoms with Crippen molar-refractivity contribution in [2.75, 3.05) is 6.61 Å². The predicted molar refractivity (Wildman–Crippen MR) is 59.0 cm³/mol. The maximum absolute atomic E-state index is 13.1. The number of esters is 1. The highest BCUT2D eigenvalue weighted by molar-refractivity contribution is 5.75. The van der Waals surface area contributed by atoms with E-state index < -0.39 is 41.3 Å². The van der Waals surface area contributed by atoms with E-state index in [0.29, 0.717) is 12.1 Å². The molecule has 0 bridgehead atoms. The minimum absolute atomic E-state index is 0.0838. The molecule has 112 valence electrons. The van der Waals surface area contributed by atoms with Gasteiger partial charge in [-0.2, -0.15) is 13.2 Å². The number of carbonyl (C=O) groups is 1. The standard InChI is InChI=1S/C12H12F4O4/c1-2-20-11(19)10(18)9(17)6-3-7(12(14,15)16)5-8(13)4-6/h3-5,9-10,17-18H,2H2,1H3. The van der Waals surface area contributed by atoms with E-state index in [1.807, 2.05) is 0 Å². The van der Waals surface area contributed by atoms with Crippen LogP contribution in [0.2, 0.25) is 0 Å². The molecule has 1 aromatic rings. The van der Waals surface area contributed by atoms with Gasteiger partial charge in [0.05, 0.1) is 12.2 Å². The van der Waals surface area contributed by atoms with Gasteiger partial charge >= 0.3 is 12.1 Å². The zero-order valence-corrected chi connectivity index (χ0v) is 10.3. The molecule has 0 aromatic heterocycles. The molecule has 0 amide bonds. The Morgan fingerprint density at radius 1 is 1.30 bits per heavy atom. The van der Waals surface area contributed by atoms with Crippen molar-refractivity contribution in [2.45, 2.75) is 25.3 Å². The van der Waals surface area contributed by atoms with E-state index in [4.69, 9.17) is 0 Å². The summed E-state index contributed by atoms with van der Waals surface area (Å²) in [5.74, 6) is -2.46.